The second kappa shape index (κ2) is 4.25. The molecule has 3 nitrogen and oxygen atoms in total. The van der Waals surface area contributed by atoms with Crippen molar-refractivity contribution in [2.75, 3.05) is 21.3 Å². The molecule has 10 heavy (non-hydrogen) atoms. The topological polar surface area (TPSA) is 27.7 Å². The first kappa shape index (κ1) is 10.3. The molecule has 0 aliphatic rings. The van der Waals surface area contributed by atoms with E-state index < -0.39 is 0 Å². The van der Waals surface area contributed by atoms with Crippen LogP contribution in [0.15, 0.2) is 0 Å². The molecule has 62 valence electrons. The Morgan fingerprint density at radius 3 is 1.60 bits per heavy atom. The van der Waals surface area contributed by atoms with Crippen LogP contribution in [0.3, 0.4) is 0 Å². The lowest BCUT2D eigenvalue weighted by molar-refractivity contribution is -0.163. The Morgan fingerprint density at radius 2 is 1.50 bits per heavy atom. The SMILES string of the molecule is COC(OC)C([SiH3])([SiH3])OC. The lowest BCUT2D eigenvalue weighted by Gasteiger charge is -2.30. The highest BCUT2D eigenvalue weighted by Crippen LogP contribution is 2.09. The van der Waals surface area contributed by atoms with Crippen molar-refractivity contribution in [2.45, 2.75) is 11.1 Å². The molecule has 0 aliphatic heterocycles. The summed E-state index contributed by atoms with van der Waals surface area (Å²) < 4.78 is 15.4. The summed E-state index contributed by atoms with van der Waals surface area (Å²) in [6.07, 6.45) is -0.184. The van der Waals surface area contributed by atoms with Crippen LogP contribution >= 0.6 is 0 Å². The number of ether oxygens (including phenoxy) is 3. The lowest BCUT2D eigenvalue weighted by Crippen LogP contribution is -2.47. The summed E-state index contributed by atoms with van der Waals surface area (Å²) in [4.78, 5) is -0.108. The summed E-state index contributed by atoms with van der Waals surface area (Å²) in [7, 11) is 6.85. The van der Waals surface area contributed by atoms with E-state index in [1.54, 1.807) is 21.3 Å². The van der Waals surface area contributed by atoms with Gasteiger partial charge in [0, 0.05) is 41.8 Å². The fourth-order valence-corrected chi connectivity index (χ4v) is 1.70. The number of hydrogen-bond acceptors (Lipinski definition) is 3. The molecule has 0 radical (unpaired) electrons. The van der Waals surface area contributed by atoms with Gasteiger partial charge in [-0.2, -0.15) is 0 Å². The van der Waals surface area contributed by atoms with E-state index in [0.29, 0.717) is 0 Å². The van der Waals surface area contributed by atoms with Crippen LogP contribution < -0.4 is 0 Å². The minimum Gasteiger partial charge on any atom is -0.382 e. The van der Waals surface area contributed by atoms with Gasteiger partial charge < -0.3 is 14.2 Å². The zero-order valence-corrected chi connectivity index (χ0v) is 11.3. The molecule has 0 spiro atoms. The molecule has 0 atom stereocenters. The molecule has 0 aromatic rings. The third-order valence-corrected chi connectivity index (χ3v) is 3.28. The average Bonchev–Trinajstić information content (AvgIpc) is 1.90. The Balaban J connectivity index is 3.97. The van der Waals surface area contributed by atoms with Crippen LogP contribution in [0.2, 0.25) is 0 Å². The van der Waals surface area contributed by atoms with Crippen LogP contribution in [-0.2, 0) is 14.2 Å². The smallest absolute Gasteiger partial charge is 0.177 e. The molecule has 0 N–H and O–H groups in total. The second-order valence-corrected chi connectivity index (χ2v) is 8.58. The van der Waals surface area contributed by atoms with Crippen molar-refractivity contribution in [1.82, 2.24) is 0 Å². The normalized spacial score (nSPS) is 18.0. The molecule has 0 saturated heterocycles. The lowest BCUT2D eigenvalue weighted by atomic mass is 10.6. The van der Waals surface area contributed by atoms with Gasteiger partial charge in [0.1, 0.15) is 0 Å². The van der Waals surface area contributed by atoms with E-state index in [-0.39, 0.29) is 11.1 Å². The van der Waals surface area contributed by atoms with Crippen LogP contribution in [-0.4, -0.2) is 53.0 Å². The molecule has 0 unspecified atom stereocenters. The van der Waals surface area contributed by atoms with Gasteiger partial charge in [-0.05, 0) is 0 Å². The maximum atomic E-state index is 5.26. The molecule has 0 rings (SSSR count). The van der Waals surface area contributed by atoms with Crippen LogP contribution in [0.4, 0.5) is 0 Å². The molecule has 0 aromatic heterocycles. The van der Waals surface area contributed by atoms with Crippen LogP contribution in [0, 0.1) is 0 Å². The van der Waals surface area contributed by atoms with Crippen molar-refractivity contribution in [2.24, 2.45) is 0 Å². The van der Waals surface area contributed by atoms with Gasteiger partial charge in [0.2, 0.25) is 0 Å². The summed E-state index contributed by atoms with van der Waals surface area (Å²) in [5.41, 5.74) is 0. The van der Waals surface area contributed by atoms with Crippen molar-refractivity contribution in [1.29, 1.82) is 0 Å². The van der Waals surface area contributed by atoms with Gasteiger partial charge in [0.15, 0.2) is 6.29 Å². The van der Waals surface area contributed by atoms with Crippen LogP contribution in [0.25, 0.3) is 0 Å². The molecule has 0 saturated carbocycles. The minimum absolute atomic E-state index is 0.108. The first-order valence-electron chi connectivity index (χ1n) is 3.19. The first-order valence-corrected chi connectivity index (χ1v) is 5.19. The van der Waals surface area contributed by atoms with E-state index in [9.17, 15) is 0 Å². The Morgan fingerprint density at radius 1 is 1.10 bits per heavy atom. The Hall–Kier alpha value is 0.314. The van der Waals surface area contributed by atoms with E-state index >= 15 is 0 Å². The summed E-state index contributed by atoms with van der Waals surface area (Å²) >= 11 is 0. The Bertz CT molecular complexity index is 92.9. The van der Waals surface area contributed by atoms with Gasteiger partial charge in [-0.15, -0.1) is 0 Å². The molecule has 0 aromatic carbocycles. The molecular weight excluding hydrogens is 164 g/mol. The average molecular weight is 180 g/mol. The van der Waals surface area contributed by atoms with Gasteiger partial charge in [-0.25, -0.2) is 0 Å². The maximum absolute atomic E-state index is 5.26. The van der Waals surface area contributed by atoms with Gasteiger partial charge in [0.05, 0.1) is 4.85 Å². The van der Waals surface area contributed by atoms with Crippen LogP contribution in [0.1, 0.15) is 0 Å². The molecule has 5 heteroatoms. The standard InChI is InChI=1S/C5H16O3Si2/c1-6-4(7-2)5(9,10)8-3/h4H,1-3,9-10H3. The molecule has 0 heterocycles. The van der Waals surface area contributed by atoms with Crippen molar-refractivity contribution >= 4 is 20.5 Å². The highest BCUT2D eigenvalue weighted by atomic mass is 28.2. The zero-order chi connectivity index (χ0) is 8.20. The fourth-order valence-electron chi connectivity index (χ4n) is 0.760. The van der Waals surface area contributed by atoms with Gasteiger partial charge in [0.25, 0.3) is 0 Å². The number of methoxy groups -OCH3 is 3. The molecule has 0 amide bonds. The number of hydrogen-bond donors (Lipinski definition) is 0. The molecule has 0 aliphatic carbocycles. The highest BCUT2D eigenvalue weighted by molar-refractivity contribution is 6.39. The quantitative estimate of drug-likeness (QED) is 0.358. The van der Waals surface area contributed by atoms with E-state index in [4.69, 9.17) is 14.2 Å². The highest BCUT2D eigenvalue weighted by Gasteiger charge is 2.28. The Labute approximate surface area is 67.9 Å². The monoisotopic (exact) mass is 180 g/mol. The number of rotatable bonds is 4. The van der Waals surface area contributed by atoms with Crippen molar-refractivity contribution in [3.05, 3.63) is 0 Å². The van der Waals surface area contributed by atoms with Crippen molar-refractivity contribution in [3.8, 4) is 0 Å². The van der Waals surface area contributed by atoms with E-state index in [1.807, 2.05) is 0 Å². The second-order valence-electron chi connectivity index (χ2n) is 2.61. The minimum atomic E-state index is -0.184. The Kier molecular flexibility index (Phi) is 4.38. The largest absolute Gasteiger partial charge is 0.382 e. The van der Waals surface area contributed by atoms with Crippen LogP contribution in [0.5, 0.6) is 0 Å². The fraction of sp³-hybridized carbons (Fsp3) is 1.00. The zero-order valence-electron chi connectivity index (χ0n) is 7.30. The third-order valence-electron chi connectivity index (χ3n) is 1.52. The molecule has 0 fully saturated rings. The summed E-state index contributed by atoms with van der Waals surface area (Å²) in [5.74, 6) is 0. The van der Waals surface area contributed by atoms with Gasteiger partial charge in [-0.3, -0.25) is 0 Å². The predicted molar refractivity (Wildman–Crippen MR) is 47.4 cm³/mol. The first-order chi connectivity index (χ1) is 4.58. The van der Waals surface area contributed by atoms with Gasteiger partial charge in [-0.1, -0.05) is 0 Å². The molecule has 0 bridgehead atoms. The molecular formula is C5H16O3Si2. The third kappa shape index (κ3) is 2.51. The van der Waals surface area contributed by atoms with Crippen molar-refractivity contribution < 1.29 is 14.2 Å². The van der Waals surface area contributed by atoms with Gasteiger partial charge >= 0.3 is 0 Å². The summed E-state index contributed by atoms with van der Waals surface area (Å²) in [6, 6.07) is 0. The van der Waals surface area contributed by atoms with E-state index in [0.717, 1.165) is 20.5 Å². The van der Waals surface area contributed by atoms with Crippen molar-refractivity contribution in [3.63, 3.8) is 0 Å². The summed E-state index contributed by atoms with van der Waals surface area (Å²) in [5, 5.41) is 0. The maximum Gasteiger partial charge on any atom is 0.177 e. The van der Waals surface area contributed by atoms with E-state index in [1.165, 1.54) is 0 Å². The summed E-state index contributed by atoms with van der Waals surface area (Å²) in [6.45, 7) is 0. The predicted octanol–water partition coefficient (Wildman–Crippen LogP) is -2.36. The van der Waals surface area contributed by atoms with E-state index in [2.05, 4.69) is 0 Å².